The van der Waals surface area contributed by atoms with Crippen LogP contribution in [0.2, 0.25) is 0 Å². The largest absolute Gasteiger partial charge is 0.326 e. The van der Waals surface area contributed by atoms with Crippen molar-refractivity contribution in [2.24, 2.45) is 5.73 Å². The van der Waals surface area contributed by atoms with E-state index in [0.29, 0.717) is 17.9 Å². The molecule has 0 aliphatic carbocycles. The Morgan fingerprint density at radius 1 is 1.35 bits per heavy atom. The summed E-state index contributed by atoms with van der Waals surface area (Å²) in [5.41, 5.74) is 7.00. The number of anilines is 1. The second kappa shape index (κ2) is 5.18. The molecule has 0 saturated heterocycles. The number of amides is 1. The molecule has 1 heterocycles. The first-order chi connectivity index (χ1) is 8.29. The maximum atomic E-state index is 11.9. The maximum absolute atomic E-state index is 11.9. The lowest BCUT2D eigenvalue weighted by Gasteiger charge is -2.05. The Morgan fingerprint density at radius 2 is 2.24 bits per heavy atom. The van der Waals surface area contributed by atoms with Crippen molar-refractivity contribution in [3.05, 3.63) is 54.0 Å². The smallest absolute Gasteiger partial charge is 0.256 e. The Hall–Kier alpha value is -2.27. The molecule has 0 atom stereocenters. The Morgan fingerprint density at radius 3 is 2.94 bits per heavy atom. The maximum Gasteiger partial charge on any atom is 0.256 e. The van der Waals surface area contributed by atoms with Gasteiger partial charge in [0.1, 0.15) is 12.1 Å². The van der Waals surface area contributed by atoms with Gasteiger partial charge in [0.15, 0.2) is 0 Å². The summed E-state index contributed by atoms with van der Waals surface area (Å²) in [7, 11) is 0. The third kappa shape index (κ3) is 2.85. The summed E-state index contributed by atoms with van der Waals surface area (Å²) in [4.78, 5) is 19.6. The Kier molecular flexibility index (Phi) is 3.42. The molecular weight excluding hydrogens is 216 g/mol. The van der Waals surface area contributed by atoms with Gasteiger partial charge in [0.2, 0.25) is 0 Å². The molecule has 0 saturated carbocycles. The van der Waals surface area contributed by atoms with Crippen molar-refractivity contribution in [1.82, 2.24) is 9.97 Å². The molecule has 0 radical (unpaired) electrons. The molecule has 1 amide bonds. The third-order valence-corrected chi connectivity index (χ3v) is 2.25. The molecule has 3 N–H and O–H groups in total. The van der Waals surface area contributed by atoms with Crippen LogP contribution in [0.25, 0.3) is 0 Å². The van der Waals surface area contributed by atoms with Crippen LogP contribution in [0.1, 0.15) is 15.9 Å². The van der Waals surface area contributed by atoms with Gasteiger partial charge in [-0.2, -0.15) is 0 Å². The van der Waals surface area contributed by atoms with Gasteiger partial charge >= 0.3 is 0 Å². The molecule has 5 nitrogen and oxygen atoms in total. The van der Waals surface area contributed by atoms with Crippen LogP contribution in [0.15, 0.2) is 42.9 Å². The fraction of sp³-hybridized carbons (Fsp3) is 0.0833. The van der Waals surface area contributed by atoms with Gasteiger partial charge in [0.05, 0.1) is 0 Å². The number of hydrogen-bond donors (Lipinski definition) is 2. The van der Waals surface area contributed by atoms with Crippen molar-refractivity contribution in [3.63, 3.8) is 0 Å². The minimum Gasteiger partial charge on any atom is -0.326 e. The fourth-order valence-corrected chi connectivity index (χ4v) is 1.39. The highest BCUT2D eigenvalue weighted by Gasteiger charge is 2.06. The van der Waals surface area contributed by atoms with Crippen LogP contribution < -0.4 is 11.1 Å². The van der Waals surface area contributed by atoms with Crippen molar-refractivity contribution in [2.75, 3.05) is 5.32 Å². The van der Waals surface area contributed by atoms with Crippen molar-refractivity contribution < 1.29 is 4.79 Å². The summed E-state index contributed by atoms with van der Waals surface area (Å²) >= 11 is 0. The summed E-state index contributed by atoms with van der Waals surface area (Å²) < 4.78 is 0. The summed E-state index contributed by atoms with van der Waals surface area (Å²) in [5, 5.41) is 2.68. The lowest BCUT2D eigenvalue weighted by Crippen LogP contribution is -2.13. The van der Waals surface area contributed by atoms with E-state index in [1.54, 1.807) is 30.5 Å². The standard InChI is InChI=1S/C12H12N4O/c13-7-9-2-1-3-10(6-9)12(17)16-11-4-5-14-8-15-11/h1-6,8H,7,13H2,(H,14,15,16,17). The molecule has 5 heteroatoms. The highest BCUT2D eigenvalue weighted by Crippen LogP contribution is 2.07. The first-order valence-electron chi connectivity index (χ1n) is 5.16. The average Bonchev–Trinajstić information content (AvgIpc) is 2.40. The highest BCUT2D eigenvalue weighted by molar-refractivity contribution is 6.03. The monoisotopic (exact) mass is 228 g/mol. The first-order valence-corrected chi connectivity index (χ1v) is 5.16. The molecule has 1 aromatic carbocycles. The molecule has 17 heavy (non-hydrogen) atoms. The van der Waals surface area contributed by atoms with Gasteiger partial charge in [-0.3, -0.25) is 4.79 Å². The number of benzene rings is 1. The number of rotatable bonds is 3. The second-order valence-corrected chi connectivity index (χ2v) is 3.45. The van der Waals surface area contributed by atoms with E-state index < -0.39 is 0 Å². The normalized spacial score (nSPS) is 9.94. The second-order valence-electron chi connectivity index (χ2n) is 3.45. The summed E-state index contributed by atoms with van der Waals surface area (Å²) in [6, 6.07) is 8.80. The van der Waals surface area contributed by atoms with Crippen molar-refractivity contribution >= 4 is 11.7 Å². The number of carbonyl (C=O) groups excluding carboxylic acids is 1. The molecular formula is C12H12N4O. The fourth-order valence-electron chi connectivity index (χ4n) is 1.39. The number of nitrogens with zero attached hydrogens (tertiary/aromatic N) is 2. The van der Waals surface area contributed by atoms with Gasteiger partial charge in [0, 0.05) is 18.3 Å². The predicted molar refractivity (Wildman–Crippen MR) is 64.3 cm³/mol. The number of hydrogen-bond acceptors (Lipinski definition) is 4. The van der Waals surface area contributed by atoms with E-state index in [-0.39, 0.29) is 5.91 Å². The van der Waals surface area contributed by atoms with E-state index in [2.05, 4.69) is 15.3 Å². The van der Waals surface area contributed by atoms with E-state index in [9.17, 15) is 4.79 Å². The third-order valence-electron chi connectivity index (χ3n) is 2.25. The molecule has 0 spiro atoms. The Balaban J connectivity index is 2.14. The molecule has 0 fully saturated rings. The number of nitrogens with one attached hydrogen (secondary N) is 1. The van der Waals surface area contributed by atoms with Crippen LogP contribution in [0.4, 0.5) is 5.82 Å². The molecule has 1 aromatic heterocycles. The molecule has 0 aliphatic heterocycles. The van der Waals surface area contributed by atoms with Crippen LogP contribution in [0.5, 0.6) is 0 Å². The quantitative estimate of drug-likeness (QED) is 0.826. The summed E-state index contributed by atoms with van der Waals surface area (Å²) in [6.07, 6.45) is 2.95. The van der Waals surface area contributed by atoms with Crippen LogP contribution in [0.3, 0.4) is 0 Å². The summed E-state index contributed by atoms with van der Waals surface area (Å²) in [5.74, 6) is 0.266. The van der Waals surface area contributed by atoms with Gasteiger partial charge in [-0.05, 0) is 23.8 Å². The van der Waals surface area contributed by atoms with E-state index in [4.69, 9.17) is 5.73 Å². The zero-order valence-corrected chi connectivity index (χ0v) is 9.13. The Bertz CT molecular complexity index is 513. The molecule has 2 rings (SSSR count). The predicted octanol–water partition coefficient (Wildman–Crippen LogP) is 1.19. The van der Waals surface area contributed by atoms with E-state index in [0.717, 1.165) is 5.56 Å². The first kappa shape index (κ1) is 11.2. The van der Waals surface area contributed by atoms with Gasteiger partial charge < -0.3 is 11.1 Å². The van der Waals surface area contributed by atoms with Crippen molar-refractivity contribution in [3.8, 4) is 0 Å². The van der Waals surface area contributed by atoms with Crippen LogP contribution >= 0.6 is 0 Å². The number of carbonyl (C=O) groups is 1. The lowest BCUT2D eigenvalue weighted by atomic mass is 10.1. The number of nitrogens with two attached hydrogens (primary N) is 1. The topological polar surface area (TPSA) is 80.9 Å². The van der Waals surface area contributed by atoms with Crippen LogP contribution in [-0.2, 0) is 6.54 Å². The van der Waals surface area contributed by atoms with Gasteiger partial charge in [-0.25, -0.2) is 9.97 Å². The lowest BCUT2D eigenvalue weighted by molar-refractivity contribution is 0.102. The zero-order chi connectivity index (χ0) is 12.1. The highest BCUT2D eigenvalue weighted by atomic mass is 16.1. The molecule has 86 valence electrons. The minimum absolute atomic E-state index is 0.209. The van der Waals surface area contributed by atoms with Gasteiger partial charge in [-0.1, -0.05) is 12.1 Å². The molecule has 2 aromatic rings. The van der Waals surface area contributed by atoms with Gasteiger partial charge in [-0.15, -0.1) is 0 Å². The van der Waals surface area contributed by atoms with Gasteiger partial charge in [0.25, 0.3) is 5.91 Å². The minimum atomic E-state index is -0.209. The molecule has 0 aliphatic rings. The van der Waals surface area contributed by atoms with Crippen LogP contribution in [-0.4, -0.2) is 15.9 Å². The molecule has 0 unspecified atom stereocenters. The number of aromatic nitrogens is 2. The zero-order valence-electron chi connectivity index (χ0n) is 9.13. The van der Waals surface area contributed by atoms with E-state index >= 15 is 0 Å². The Labute approximate surface area is 98.7 Å². The SMILES string of the molecule is NCc1cccc(C(=O)Nc2ccncn2)c1. The van der Waals surface area contributed by atoms with Crippen molar-refractivity contribution in [1.29, 1.82) is 0 Å². The van der Waals surface area contributed by atoms with E-state index in [1.165, 1.54) is 6.33 Å². The van der Waals surface area contributed by atoms with Crippen LogP contribution in [0, 0.1) is 0 Å². The van der Waals surface area contributed by atoms with E-state index in [1.807, 2.05) is 6.07 Å². The average molecular weight is 228 g/mol. The molecule has 0 bridgehead atoms. The summed E-state index contributed by atoms with van der Waals surface area (Å²) in [6.45, 7) is 0.411. The van der Waals surface area contributed by atoms with Crippen molar-refractivity contribution in [2.45, 2.75) is 6.54 Å².